The van der Waals surface area contributed by atoms with Gasteiger partial charge < -0.3 is 30.2 Å². The van der Waals surface area contributed by atoms with Gasteiger partial charge in [0, 0.05) is 43.9 Å². The summed E-state index contributed by atoms with van der Waals surface area (Å²) in [6.07, 6.45) is 3.27. The van der Waals surface area contributed by atoms with E-state index in [1.165, 1.54) is 29.8 Å². The molecule has 10 nitrogen and oxygen atoms in total. The largest absolute Gasteiger partial charge is 0.432 e. The van der Waals surface area contributed by atoms with E-state index in [0.29, 0.717) is 38.4 Å². The molecule has 2 aliphatic heterocycles. The zero-order chi connectivity index (χ0) is 32.2. The Morgan fingerprint density at radius 2 is 1.87 bits per heavy atom. The summed E-state index contributed by atoms with van der Waals surface area (Å²) in [6.45, 7) is 0.00652. The van der Waals surface area contributed by atoms with Crippen LogP contribution in [0.1, 0.15) is 40.2 Å². The van der Waals surface area contributed by atoms with Gasteiger partial charge in [0.25, 0.3) is 11.8 Å². The van der Waals surface area contributed by atoms with E-state index < -0.39 is 29.9 Å². The van der Waals surface area contributed by atoms with Crippen LogP contribution in [0.2, 0.25) is 5.02 Å². The van der Waals surface area contributed by atoms with Gasteiger partial charge in [-0.3, -0.25) is 14.4 Å². The zero-order valence-electron chi connectivity index (χ0n) is 24.2. The zero-order valence-corrected chi connectivity index (χ0v) is 25.0. The number of imidazole rings is 1. The molecular weight excluding hydrogens is 620 g/mol. The first kappa shape index (κ1) is 32.2. The predicted octanol–water partition coefficient (Wildman–Crippen LogP) is 4.45. The lowest BCUT2D eigenvalue weighted by atomic mass is 9.95. The van der Waals surface area contributed by atoms with Crippen molar-refractivity contribution < 1.29 is 36.7 Å². The lowest BCUT2D eigenvalue weighted by Gasteiger charge is -2.31. The van der Waals surface area contributed by atoms with Crippen molar-refractivity contribution in [3.05, 3.63) is 64.6 Å². The van der Waals surface area contributed by atoms with Crippen LogP contribution in [0.25, 0.3) is 11.3 Å². The number of amides is 3. The van der Waals surface area contributed by atoms with Crippen molar-refractivity contribution in [1.82, 2.24) is 25.1 Å². The van der Waals surface area contributed by atoms with Crippen molar-refractivity contribution in [2.45, 2.75) is 25.9 Å². The van der Waals surface area contributed by atoms with Crippen LogP contribution in [0.5, 0.6) is 5.75 Å². The summed E-state index contributed by atoms with van der Waals surface area (Å²) >= 11 is 6.42. The molecule has 2 fully saturated rings. The summed E-state index contributed by atoms with van der Waals surface area (Å²) < 4.78 is 59.0. The molecule has 3 heterocycles. The summed E-state index contributed by atoms with van der Waals surface area (Å²) in [6, 6.07) is 6.28. The summed E-state index contributed by atoms with van der Waals surface area (Å²) in [7, 11) is 1.40. The molecule has 2 saturated heterocycles. The first-order valence-corrected chi connectivity index (χ1v) is 14.7. The molecule has 2 aromatic carbocycles. The van der Waals surface area contributed by atoms with Crippen molar-refractivity contribution in [2.75, 3.05) is 38.0 Å². The first-order chi connectivity index (χ1) is 21.5. The minimum absolute atomic E-state index is 0.00601. The Kier molecular flexibility index (Phi) is 9.93. The summed E-state index contributed by atoms with van der Waals surface area (Å²) in [5, 5.41) is 9.02. The molecule has 5 rings (SSSR count). The number of nitrogens with one attached hydrogen (secondary N) is 3. The van der Waals surface area contributed by atoms with Gasteiger partial charge in [0.05, 0.1) is 22.5 Å². The van der Waals surface area contributed by atoms with Crippen molar-refractivity contribution >= 4 is 35.0 Å². The number of nitrogens with zero attached hydrogens (tertiary/aromatic N) is 3. The third-order valence-corrected chi connectivity index (χ3v) is 8.38. The molecule has 45 heavy (non-hydrogen) atoms. The molecule has 1 aromatic heterocycles. The monoisotopic (exact) mass is 650 g/mol. The lowest BCUT2D eigenvalue weighted by Crippen LogP contribution is -2.44. The fourth-order valence-corrected chi connectivity index (χ4v) is 5.80. The second-order valence-electron chi connectivity index (χ2n) is 11.0. The van der Waals surface area contributed by atoms with Gasteiger partial charge in [-0.1, -0.05) is 11.6 Å². The number of benzene rings is 2. The number of carbonyl (C=O) groups excluding carboxylic acids is 3. The molecule has 1 unspecified atom stereocenters. The van der Waals surface area contributed by atoms with Crippen LogP contribution in [-0.4, -0.2) is 71.5 Å². The number of alkyl halides is 2. The molecular formula is C30H31ClF4N6O4. The summed E-state index contributed by atoms with van der Waals surface area (Å²) in [5.74, 6) is -4.86. The number of halogens is 5. The molecule has 0 spiro atoms. The molecule has 240 valence electrons. The third kappa shape index (κ3) is 7.22. The molecule has 15 heteroatoms. The minimum Gasteiger partial charge on any atom is -0.432 e. The second-order valence-corrected chi connectivity index (χ2v) is 11.4. The highest BCUT2D eigenvalue weighted by molar-refractivity contribution is 6.34. The van der Waals surface area contributed by atoms with Crippen molar-refractivity contribution in [3.63, 3.8) is 0 Å². The van der Waals surface area contributed by atoms with E-state index in [-0.39, 0.29) is 51.1 Å². The highest BCUT2D eigenvalue weighted by atomic mass is 35.5. The van der Waals surface area contributed by atoms with Crippen molar-refractivity contribution in [2.24, 2.45) is 18.9 Å². The average molecular weight is 651 g/mol. The van der Waals surface area contributed by atoms with Gasteiger partial charge in [-0.15, -0.1) is 0 Å². The van der Waals surface area contributed by atoms with Gasteiger partial charge in [0.2, 0.25) is 11.7 Å². The quantitative estimate of drug-likeness (QED) is 0.295. The Hall–Kier alpha value is -4.17. The molecule has 0 bridgehead atoms. The van der Waals surface area contributed by atoms with E-state index in [4.69, 9.17) is 11.6 Å². The van der Waals surface area contributed by atoms with Crippen LogP contribution >= 0.6 is 11.6 Å². The lowest BCUT2D eigenvalue weighted by molar-refractivity contribution is -0.126. The van der Waals surface area contributed by atoms with Crippen molar-refractivity contribution in [3.8, 4) is 17.0 Å². The second kappa shape index (κ2) is 13.9. The molecule has 3 aromatic rings. The standard InChI is InChI=1S/C30H31ClF4N6O4/c1-40-22(20-4-5-23(45-30(34)35)25(33)24(20)32)15-37-26(40)28(43)39-18-2-3-19(21(31)12-18)29(44)41-10-7-17(8-11-41)27(42)38-14-16-6-9-36-13-16/h2-5,12,15-17,30,36H,6-11,13-14H2,1H3,(H,38,42)(H,39,43). The van der Waals surface area contributed by atoms with Crippen LogP contribution in [0.4, 0.5) is 23.2 Å². The first-order valence-electron chi connectivity index (χ1n) is 14.4. The van der Waals surface area contributed by atoms with Crippen molar-refractivity contribution in [1.29, 1.82) is 0 Å². The number of rotatable bonds is 9. The minimum atomic E-state index is -3.33. The molecule has 1 atom stereocenters. The number of likely N-dealkylation sites (tertiary alicyclic amines) is 1. The van der Waals surface area contributed by atoms with E-state index in [2.05, 4.69) is 25.7 Å². The van der Waals surface area contributed by atoms with Gasteiger partial charge in [0.15, 0.2) is 17.4 Å². The van der Waals surface area contributed by atoms with Crippen LogP contribution in [0.15, 0.2) is 36.5 Å². The van der Waals surface area contributed by atoms with E-state index in [1.54, 1.807) is 4.90 Å². The topological polar surface area (TPSA) is 118 Å². The maximum atomic E-state index is 14.6. The molecule has 3 N–H and O–H groups in total. The van der Waals surface area contributed by atoms with Gasteiger partial charge in [-0.2, -0.15) is 13.2 Å². The number of ether oxygens (including phenoxy) is 1. The molecule has 0 saturated carbocycles. The number of aromatic nitrogens is 2. The molecule has 0 radical (unpaired) electrons. The van der Waals surface area contributed by atoms with E-state index in [1.807, 2.05) is 0 Å². The van der Waals surface area contributed by atoms with Crippen LogP contribution in [-0.2, 0) is 11.8 Å². The van der Waals surface area contributed by atoms with Crippen LogP contribution in [0, 0.1) is 23.5 Å². The smallest absolute Gasteiger partial charge is 0.387 e. The SMILES string of the molecule is Cn1c(-c2ccc(OC(F)F)c(F)c2F)cnc1C(=O)Nc1ccc(C(=O)N2CCC(C(=O)NCC3CCNC3)CC2)c(Cl)c1. The summed E-state index contributed by atoms with van der Waals surface area (Å²) in [5.41, 5.74) is 0.180. The van der Waals surface area contributed by atoms with Gasteiger partial charge in [-0.25, -0.2) is 9.37 Å². The highest BCUT2D eigenvalue weighted by Gasteiger charge is 2.29. The number of carbonyl (C=O) groups is 3. The number of hydrogen-bond donors (Lipinski definition) is 3. The summed E-state index contributed by atoms with van der Waals surface area (Å²) in [4.78, 5) is 44.4. The number of hydrogen-bond acceptors (Lipinski definition) is 6. The highest BCUT2D eigenvalue weighted by Crippen LogP contribution is 2.31. The Bertz CT molecular complexity index is 1590. The molecule has 0 aliphatic carbocycles. The Balaban J connectivity index is 1.19. The van der Waals surface area contributed by atoms with E-state index in [9.17, 15) is 31.9 Å². The Morgan fingerprint density at radius 1 is 1.11 bits per heavy atom. The third-order valence-electron chi connectivity index (χ3n) is 8.07. The fraction of sp³-hybridized carbons (Fsp3) is 0.400. The predicted molar refractivity (Wildman–Crippen MR) is 157 cm³/mol. The fourth-order valence-electron chi connectivity index (χ4n) is 5.53. The van der Waals surface area contributed by atoms with Gasteiger partial charge >= 0.3 is 6.61 Å². The normalized spacial score (nSPS) is 17.0. The number of piperidine rings is 1. The molecule has 2 aliphatic rings. The maximum absolute atomic E-state index is 14.6. The Morgan fingerprint density at radius 3 is 2.53 bits per heavy atom. The maximum Gasteiger partial charge on any atom is 0.387 e. The van der Waals surface area contributed by atoms with Gasteiger partial charge in [-0.05, 0) is 68.6 Å². The van der Waals surface area contributed by atoms with E-state index >= 15 is 0 Å². The number of anilines is 1. The van der Waals surface area contributed by atoms with Gasteiger partial charge in [0.1, 0.15) is 0 Å². The average Bonchev–Trinajstić information content (AvgIpc) is 3.68. The Labute approximate surface area is 261 Å². The van der Waals surface area contributed by atoms with Crippen LogP contribution < -0.4 is 20.7 Å². The van der Waals surface area contributed by atoms with Crippen LogP contribution in [0.3, 0.4) is 0 Å². The van der Waals surface area contributed by atoms with E-state index in [0.717, 1.165) is 37.8 Å². The molecule has 3 amide bonds.